The van der Waals surface area contributed by atoms with Crippen LogP contribution in [0.1, 0.15) is 19.7 Å². The Morgan fingerprint density at radius 2 is 2.16 bits per heavy atom. The van der Waals surface area contributed by atoms with Crippen molar-refractivity contribution in [3.8, 4) is 0 Å². The molecule has 2 heterocycles. The van der Waals surface area contributed by atoms with Gasteiger partial charge in [0, 0.05) is 19.2 Å². The van der Waals surface area contributed by atoms with Crippen LogP contribution in [-0.2, 0) is 11.2 Å². The highest BCUT2D eigenvalue weighted by atomic mass is 16.2. The Labute approximate surface area is 112 Å². The van der Waals surface area contributed by atoms with Gasteiger partial charge in [0.05, 0.1) is 5.54 Å². The van der Waals surface area contributed by atoms with E-state index in [2.05, 4.69) is 20.8 Å². The third-order valence-corrected chi connectivity index (χ3v) is 3.21. The van der Waals surface area contributed by atoms with E-state index >= 15 is 0 Å². The van der Waals surface area contributed by atoms with Gasteiger partial charge in [0.1, 0.15) is 5.82 Å². The average Bonchev–Trinajstić information content (AvgIpc) is 2.82. The number of carbonyl (C=O) groups is 1. The number of nitrogens with zero attached hydrogens (tertiary/aromatic N) is 3. The van der Waals surface area contributed by atoms with Crippen molar-refractivity contribution in [1.29, 1.82) is 0 Å². The molecule has 0 saturated carbocycles. The molecule has 2 rings (SSSR count). The van der Waals surface area contributed by atoms with E-state index in [4.69, 9.17) is 0 Å². The number of likely N-dealkylation sites (N-methyl/N-ethyl adjacent to an activating group) is 1. The number of rotatable bonds is 5. The molecule has 6 heteroatoms. The van der Waals surface area contributed by atoms with Crippen molar-refractivity contribution in [3.05, 3.63) is 30.2 Å². The summed E-state index contributed by atoms with van der Waals surface area (Å²) < 4.78 is 1.93. The number of hydrogen-bond acceptors (Lipinski definition) is 4. The van der Waals surface area contributed by atoms with Crippen LogP contribution < -0.4 is 10.6 Å². The fourth-order valence-corrected chi connectivity index (χ4v) is 1.68. The summed E-state index contributed by atoms with van der Waals surface area (Å²) in [5.74, 6) is 0.821. The Morgan fingerprint density at radius 3 is 2.89 bits per heavy atom. The Hall–Kier alpha value is -1.95. The van der Waals surface area contributed by atoms with Crippen LogP contribution in [0.3, 0.4) is 0 Å². The van der Waals surface area contributed by atoms with E-state index in [1.807, 2.05) is 42.6 Å². The van der Waals surface area contributed by atoms with Gasteiger partial charge in [-0.15, -0.1) is 10.2 Å². The first-order valence-corrected chi connectivity index (χ1v) is 6.30. The molecule has 0 fully saturated rings. The van der Waals surface area contributed by atoms with Crippen LogP contribution in [0.15, 0.2) is 24.4 Å². The van der Waals surface area contributed by atoms with Gasteiger partial charge in [0.15, 0.2) is 5.65 Å². The number of pyridine rings is 1. The Balaban J connectivity index is 1.95. The molecule has 0 atom stereocenters. The van der Waals surface area contributed by atoms with Crippen LogP contribution in [0.2, 0.25) is 0 Å². The maximum atomic E-state index is 11.9. The minimum absolute atomic E-state index is 0.0242. The number of aromatic nitrogens is 3. The second-order valence-corrected chi connectivity index (χ2v) is 4.93. The summed E-state index contributed by atoms with van der Waals surface area (Å²) in [6.45, 7) is 4.23. The molecule has 1 amide bonds. The molecule has 0 radical (unpaired) electrons. The van der Waals surface area contributed by atoms with Crippen LogP contribution in [0.4, 0.5) is 0 Å². The highest BCUT2D eigenvalue weighted by molar-refractivity contribution is 5.85. The first kappa shape index (κ1) is 13.5. The van der Waals surface area contributed by atoms with Crippen LogP contribution >= 0.6 is 0 Å². The standard InChI is InChI=1S/C13H19N5O/c1-13(2,14-3)12(19)15-8-7-11-17-16-10-6-4-5-9-18(10)11/h4-6,9,14H,7-8H2,1-3H3,(H,15,19). The van der Waals surface area contributed by atoms with E-state index < -0.39 is 5.54 Å². The molecule has 0 spiro atoms. The molecule has 0 aliphatic rings. The van der Waals surface area contributed by atoms with Gasteiger partial charge >= 0.3 is 0 Å². The molecule has 2 N–H and O–H groups in total. The van der Waals surface area contributed by atoms with Crippen molar-refractivity contribution in [3.63, 3.8) is 0 Å². The summed E-state index contributed by atoms with van der Waals surface area (Å²) in [5.41, 5.74) is 0.256. The molecule has 2 aromatic heterocycles. The average molecular weight is 261 g/mol. The summed E-state index contributed by atoms with van der Waals surface area (Å²) in [6, 6.07) is 5.76. The fourth-order valence-electron chi connectivity index (χ4n) is 1.68. The highest BCUT2D eigenvalue weighted by Gasteiger charge is 2.24. The van der Waals surface area contributed by atoms with Crippen LogP contribution in [0.25, 0.3) is 5.65 Å². The summed E-state index contributed by atoms with van der Waals surface area (Å²) in [4.78, 5) is 11.9. The predicted molar refractivity (Wildman–Crippen MR) is 72.8 cm³/mol. The molecule has 0 aliphatic heterocycles. The predicted octanol–water partition coefficient (Wildman–Crippen LogP) is 0.386. The number of carbonyl (C=O) groups excluding carboxylic acids is 1. The van der Waals surface area contributed by atoms with Gasteiger partial charge in [-0.05, 0) is 33.0 Å². The van der Waals surface area contributed by atoms with E-state index in [-0.39, 0.29) is 5.91 Å². The van der Waals surface area contributed by atoms with E-state index in [0.29, 0.717) is 13.0 Å². The Bertz CT molecular complexity index is 575. The van der Waals surface area contributed by atoms with Crippen molar-refractivity contribution in [2.45, 2.75) is 25.8 Å². The molecule has 102 valence electrons. The van der Waals surface area contributed by atoms with Crippen LogP contribution in [-0.4, -0.2) is 39.6 Å². The minimum Gasteiger partial charge on any atom is -0.354 e. The van der Waals surface area contributed by atoms with Gasteiger partial charge in [-0.1, -0.05) is 6.07 Å². The van der Waals surface area contributed by atoms with Crippen LogP contribution in [0, 0.1) is 0 Å². The first-order valence-electron chi connectivity index (χ1n) is 6.30. The zero-order valence-electron chi connectivity index (χ0n) is 11.5. The number of hydrogen-bond donors (Lipinski definition) is 2. The molecule has 0 saturated heterocycles. The zero-order valence-corrected chi connectivity index (χ0v) is 11.5. The van der Waals surface area contributed by atoms with Gasteiger partial charge in [0.2, 0.25) is 5.91 Å². The van der Waals surface area contributed by atoms with E-state index in [1.165, 1.54) is 0 Å². The molecule has 0 aromatic carbocycles. The summed E-state index contributed by atoms with van der Waals surface area (Å²) in [6.07, 6.45) is 2.57. The molecule has 0 bridgehead atoms. The van der Waals surface area contributed by atoms with Crippen molar-refractivity contribution in [2.75, 3.05) is 13.6 Å². The van der Waals surface area contributed by atoms with Crippen molar-refractivity contribution in [2.24, 2.45) is 0 Å². The lowest BCUT2D eigenvalue weighted by atomic mass is 10.1. The smallest absolute Gasteiger partial charge is 0.239 e. The highest BCUT2D eigenvalue weighted by Crippen LogP contribution is 2.04. The lowest BCUT2D eigenvalue weighted by Gasteiger charge is -2.22. The van der Waals surface area contributed by atoms with E-state index in [9.17, 15) is 4.79 Å². The molecule has 0 unspecified atom stereocenters. The lowest BCUT2D eigenvalue weighted by Crippen LogP contribution is -2.51. The monoisotopic (exact) mass is 261 g/mol. The van der Waals surface area contributed by atoms with Crippen molar-refractivity contribution < 1.29 is 4.79 Å². The third kappa shape index (κ3) is 2.90. The number of fused-ring (bicyclic) bond motifs is 1. The molecule has 0 aliphatic carbocycles. The van der Waals surface area contributed by atoms with Crippen molar-refractivity contribution >= 4 is 11.6 Å². The van der Waals surface area contributed by atoms with Crippen molar-refractivity contribution in [1.82, 2.24) is 25.2 Å². The number of nitrogens with one attached hydrogen (secondary N) is 2. The number of amides is 1. The van der Waals surface area contributed by atoms with Gasteiger partial charge in [-0.25, -0.2) is 0 Å². The molecule has 6 nitrogen and oxygen atoms in total. The van der Waals surface area contributed by atoms with Crippen LogP contribution in [0.5, 0.6) is 0 Å². The lowest BCUT2D eigenvalue weighted by molar-refractivity contribution is -0.126. The first-order chi connectivity index (χ1) is 9.04. The van der Waals surface area contributed by atoms with Gasteiger partial charge in [-0.2, -0.15) is 0 Å². The van der Waals surface area contributed by atoms with Gasteiger partial charge in [0.25, 0.3) is 0 Å². The second kappa shape index (κ2) is 5.36. The van der Waals surface area contributed by atoms with E-state index in [1.54, 1.807) is 7.05 Å². The van der Waals surface area contributed by atoms with Gasteiger partial charge < -0.3 is 10.6 Å². The molecule has 19 heavy (non-hydrogen) atoms. The molecular weight excluding hydrogens is 242 g/mol. The SMILES string of the molecule is CNC(C)(C)C(=O)NCCc1nnc2ccccn12. The molecular formula is C13H19N5O. The van der Waals surface area contributed by atoms with Gasteiger partial charge in [-0.3, -0.25) is 9.20 Å². The Kier molecular flexibility index (Phi) is 3.80. The maximum Gasteiger partial charge on any atom is 0.239 e. The minimum atomic E-state index is -0.563. The maximum absolute atomic E-state index is 11.9. The topological polar surface area (TPSA) is 71.3 Å². The largest absolute Gasteiger partial charge is 0.354 e. The summed E-state index contributed by atoms with van der Waals surface area (Å²) in [5, 5.41) is 14.1. The molecule has 2 aromatic rings. The normalized spacial score (nSPS) is 11.7. The third-order valence-electron chi connectivity index (χ3n) is 3.21. The van der Waals surface area contributed by atoms with E-state index in [0.717, 1.165) is 11.5 Å². The summed E-state index contributed by atoms with van der Waals surface area (Å²) in [7, 11) is 1.77. The summed E-state index contributed by atoms with van der Waals surface area (Å²) >= 11 is 0. The quantitative estimate of drug-likeness (QED) is 0.816. The Morgan fingerprint density at radius 1 is 1.37 bits per heavy atom. The second-order valence-electron chi connectivity index (χ2n) is 4.93. The fraction of sp³-hybridized carbons (Fsp3) is 0.462. The zero-order chi connectivity index (χ0) is 13.9.